The number of unbranched alkanes of at least 4 members (excludes halogenated alkanes) is 1. The number of rotatable bonds is 9. The fourth-order valence-corrected chi connectivity index (χ4v) is 5.75. The summed E-state index contributed by atoms with van der Waals surface area (Å²) in [5.41, 5.74) is 4.66. The molecule has 3 heterocycles. The number of nitrogens with one attached hydrogen (secondary N) is 1. The lowest BCUT2D eigenvalue weighted by molar-refractivity contribution is -0.157. The van der Waals surface area contributed by atoms with Crippen LogP contribution in [-0.2, 0) is 33.7 Å². The van der Waals surface area contributed by atoms with Crippen LogP contribution in [0.3, 0.4) is 0 Å². The summed E-state index contributed by atoms with van der Waals surface area (Å²) >= 11 is 0. The Labute approximate surface area is 233 Å². The van der Waals surface area contributed by atoms with E-state index in [2.05, 4.69) is 11.9 Å². The summed E-state index contributed by atoms with van der Waals surface area (Å²) in [6, 6.07) is 12.4. The number of carbonyl (C=O) groups is 2. The zero-order chi connectivity index (χ0) is 28.4. The molecule has 5 rings (SSSR count). The molecule has 0 aliphatic carbocycles. The Morgan fingerprint density at radius 2 is 1.95 bits per heavy atom. The average molecular weight is 545 g/mol. The van der Waals surface area contributed by atoms with Crippen LogP contribution in [0.15, 0.2) is 51.7 Å². The van der Waals surface area contributed by atoms with Crippen LogP contribution < -0.4 is 10.4 Å². The first-order valence-electron chi connectivity index (χ1n) is 14.0. The second-order valence-corrected chi connectivity index (χ2v) is 10.6. The van der Waals surface area contributed by atoms with Crippen molar-refractivity contribution in [3.8, 4) is 5.75 Å². The maximum atomic E-state index is 14.2. The van der Waals surface area contributed by atoms with E-state index in [0.717, 1.165) is 46.1 Å². The van der Waals surface area contributed by atoms with Crippen LogP contribution in [0.4, 0.5) is 0 Å². The summed E-state index contributed by atoms with van der Waals surface area (Å²) in [4.78, 5) is 44.5. The predicted molar refractivity (Wildman–Crippen MR) is 154 cm³/mol. The highest BCUT2D eigenvalue weighted by Crippen LogP contribution is 2.34. The van der Waals surface area contributed by atoms with Gasteiger partial charge in [0.1, 0.15) is 17.4 Å². The minimum absolute atomic E-state index is 0.247. The van der Waals surface area contributed by atoms with Crippen molar-refractivity contribution in [2.24, 2.45) is 0 Å². The van der Waals surface area contributed by atoms with E-state index in [1.807, 2.05) is 50.2 Å². The molecule has 0 fully saturated rings. The zero-order valence-corrected chi connectivity index (χ0v) is 23.5. The number of benzene rings is 2. The van der Waals surface area contributed by atoms with Gasteiger partial charge in [0.05, 0.1) is 19.0 Å². The normalized spacial score (nSPS) is 15.7. The third-order valence-electron chi connectivity index (χ3n) is 7.69. The smallest absolute Gasteiger partial charge is 0.336 e. The minimum Gasteiger partial charge on any atom is -0.480 e. The molecule has 1 amide bonds. The standard InChI is InChI=1S/C32H36N2O6/c1-5-7-11-20-16-29(35)40-28-15-19(3)14-27(30(20)28)39-26(10-6-2)31(36)34-18-24-22(17-25(34)32(37)38-4)21-12-8-9-13-23(21)33-24/h8-9,12-16,25-26,33H,5-7,10-11,17-18H2,1-4H3/t25-,26?/m0/s1. The van der Waals surface area contributed by atoms with Crippen LogP contribution in [-0.4, -0.2) is 41.0 Å². The maximum absolute atomic E-state index is 14.2. The molecule has 0 saturated heterocycles. The number of hydrogen-bond acceptors (Lipinski definition) is 6. The lowest BCUT2D eigenvalue weighted by Gasteiger charge is -2.36. The average Bonchev–Trinajstić information content (AvgIpc) is 3.31. The number of fused-ring (bicyclic) bond motifs is 4. The maximum Gasteiger partial charge on any atom is 0.336 e. The molecule has 1 aliphatic heterocycles. The highest BCUT2D eigenvalue weighted by atomic mass is 16.5. The fraction of sp³-hybridized carbons (Fsp3) is 0.406. The molecule has 0 radical (unpaired) electrons. The van der Waals surface area contributed by atoms with Gasteiger partial charge in [-0.3, -0.25) is 4.79 Å². The number of aromatic amines is 1. The Balaban J connectivity index is 1.54. The molecule has 2 atom stereocenters. The Bertz CT molecular complexity index is 1620. The molecule has 8 nitrogen and oxygen atoms in total. The van der Waals surface area contributed by atoms with E-state index < -0.39 is 23.7 Å². The van der Waals surface area contributed by atoms with Gasteiger partial charge in [0.15, 0.2) is 6.10 Å². The lowest BCUT2D eigenvalue weighted by atomic mass is 9.95. The van der Waals surface area contributed by atoms with Crippen LogP contribution in [0.2, 0.25) is 0 Å². The highest BCUT2D eigenvalue weighted by Gasteiger charge is 2.40. The van der Waals surface area contributed by atoms with E-state index in [9.17, 15) is 14.4 Å². The van der Waals surface area contributed by atoms with Crippen molar-refractivity contribution in [1.82, 2.24) is 9.88 Å². The number of methoxy groups -OCH3 is 1. The Morgan fingerprint density at radius 3 is 2.70 bits per heavy atom. The number of carbonyl (C=O) groups excluding carboxylic acids is 2. The summed E-state index contributed by atoms with van der Waals surface area (Å²) in [5.74, 6) is -0.220. The van der Waals surface area contributed by atoms with Gasteiger partial charge in [0, 0.05) is 29.1 Å². The third-order valence-corrected chi connectivity index (χ3v) is 7.69. The second kappa shape index (κ2) is 11.6. The highest BCUT2D eigenvalue weighted by molar-refractivity contribution is 5.92. The molecule has 4 aromatic rings. The van der Waals surface area contributed by atoms with Gasteiger partial charge >= 0.3 is 11.6 Å². The van der Waals surface area contributed by atoms with Gasteiger partial charge in [-0.15, -0.1) is 0 Å². The quantitative estimate of drug-likeness (QED) is 0.217. The van der Waals surface area contributed by atoms with Gasteiger partial charge in [-0.1, -0.05) is 44.9 Å². The molecule has 1 unspecified atom stereocenters. The summed E-state index contributed by atoms with van der Waals surface area (Å²) < 4.78 is 17.2. The van der Waals surface area contributed by atoms with Gasteiger partial charge in [-0.2, -0.15) is 0 Å². The number of ether oxygens (including phenoxy) is 2. The van der Waals surface area contributed by atoms with Crippen molar-refractivity contribution in [3.63, 3.8) is 0 Å². The van der Waals surface area contributed by atoms with E-state index in [0.29, 0.717) is 42.4 Å². The van der Waals surface area contributed by atoms with Crippen LogP contribution >= 0.6 is 0 Å². The molecule has 0 saturated carbocycles. The molecule has 2 aromatic heterocycles. The summed E-state index contributed by atoms with van der Waals surface area (Å²) in [6.07, 6.45) is 3.26. The van der Waals surface area contributed by atoms with Gasteiger partial charge < -0.3 is 23.8 Å². The minimum atomic E-state index is -0.834. The van der Waals surface area contributed by atoms with Crippen LogP contribution in [0.1, 0.15) is 61.9 Å². The summed E-state index contributed by atoms with van der Waals surface area (Å²) in [7, 11) is 1.35. The van der Waals surface area contributed by atoms with E-state index >= 15 is 0 Å². The molecule has 0 bridgehead atoms. The van der Waals surface area contributed by atoms with E-state index in [1.54, 1.807) is 4.90 Å². The first-order valence-corrected chi connectivity index (χ1v) is 14.0. The van der Waals surface area contributed by atoms with Crippen molar-refractivity contribution in [1.29, 1.82) is 0 Å². The largest absolute Gasteiger partial charge is 0.480 e. The first kappa shape index (κ1) is 27.5. The first-order chi connectivity index (χ1) is 19.3. The number of esters is 1. The number of nitrogens with zero attached hydrogens (tertiary/aromatic N) is 1. The topological polar surface area (TPSA) is 102 Å². The fourth-order valence-electron chi connectivity index (χ4n) is 5.75. The molecule has 1 aliphatic rings. The summed E-state index contributed by atoms with van der Waals surface area (Å²) in [6.45, 7) is 6.24. The lowest BCUT2D eigenvalue weighted by Crippen LogP contribution is -2.53. The van der Waals surface area contributed by atoms with Gasteiger partial charge in [-0.05, 0) is 61.1 Å². The van der Waals surface area contributed by atoms with Crippen LogP contribution in [0.25, 0.3) is 21.9 Å². The second-order valence-electron chi connectivity index (χ2n) is 10.6. The molecule has 1 N–H and O–H groups in total. The molecule has 40 heavy (non-hydrogen) atoms. The number of H-pyrrole nitrogens is 1. The van der Waals surface area contributed by atoms with Gasteiger partial charge in [0.25, 0.3) is 5.91 Å². The van der Waals surface area contributed by atoms with Crippen molar-refractivity contribution in [2.75, 3.05) is 7.11 Å². The molecule has 0 spiro atoms. The van der Waals surface area contributed by atoms with Crippen LogP contribution in [0.5, 0.6) is 5.75 Å². The Morgan fingerprint density at radius 1 is 1.15 bits per heavy atom. The van der Waals surface area contributed by atoms with Crippen molar-refractivity contribution < 1.29 is 23.5 Å². The molecular weight excluding hydrogens is 508 g/mol. The van der Waals surface area contributed by atoms with Gasteiger partial charge in [0.2, 0.25) is 0 Å². The molecule has 210 valence electrons. The summed E-state index contributed by atoms with van der Waals surface area (Å²) in [5, 5.41) is 1.76. The predicted octanol–water partition coefficient (Wildman–Crippen LogP) is 5.60. The van der Waals surface area contributed by atoms with Crippen molar-refractivity contribution >= 4 is 33.7 Å². The Kier molecular flexibility index (Phi) is 7.96. The zero-order valence-electron chi connectivity index (χ0n) is 23.5. The van der Waals surface area contributed by atoms with Crippen molar-refractivity contribution in [3.05, 3.63) is 75.3 Å². The molecular formula is C32H36N2O6. The molecule has 8 heteroatoms. The Hall–Kier alpha value is -4.07. The number of para-hydroxylation sites is 1. The van der Waals surface area contributed by atoms with Crippen molar-refractivity contribution in [2.45, 2.75) is 78.0 Å². The third kappa shape index (κ3) is 5.22. The van der Waals surface area contributed by atoms with E-state index in [-0.39, 0.29) is 12.5 Å². The number of aromatic nitrogens is 1. The number of hydrogen-bond donors (Lipinski definition) is 1. The van der Waals surface area contributed by atoms with E-state index in [1.165, 1.54) is 13.2 Å². The van der Waals surface area contributed by atoms with Gasteiger partial charge in [-0.25, -0.2) is 9.59 Å². The number of amides is 1. The SMILES string of the molecule is CCCCc1cc(=O)oc2cc(C)cc(OC(CCC)C(=O)N3Cc4[nH]c5ccccc5c4C[C@H]3C(=O)OC)c12. The monoisotopic (exact) mass is 544 g/mol. The van der Waals surface area contributed by atoms with E-state index in [4.69, 9.17) is 13.9 Å². The number of aryl methyl sites for hydroxylation is 2. The molecule has 2 aromatic carbocycles. The van der Waals surface area contributed by atoms with Crippen LogP contribution in [0, 0.1) is 6.92 Å².